The van der Waals surface area contributed by atoms with E-state index < -0.39 is 0 Å². The van der Waals surface area contributed by atoms with Gasteiger partial charge in [-0.1, -0.05) is 60.7 Å². The van der Waals surface area contributed by atoms with Gasteiger partial charge < -0.3 is 9.88 Å². The summed E-state index contributed by atoms with van der Waals surface area (Å²) in [7, 11) is 1.65. The number of carbonyl (C=O) groups excluding carboxylic acids is 1. The Morgan fingerprint density at radius 3 is 2.40 bits per heavy atom. The molecule has 2 heterocycles. The molecule has 2 aromatic carbocycles. The largest absolute Gasteiger partial charge is 0.348 e. The SMILES string of the molecule is Cn1ccc(C(=O)NCc2cn(Cc3ccccc3)nc2-c2ccccc2)cc1=O. The summed E-state index contributed by atoms with van der Waals surface area (Å²) in [6, 6.07) is 23.0. The Labute approximate surface area is 174 Å². The lowest BCUT2D eigenvalue weighted by atomic mass is 10.1. The van der Waals surface area contributed by atoms with E-state index in [4.69, 9.17) is 5.10 Å². The minimum absolute atomic E-state index is 0.219. The molecule has 0 fully saturated rings. The van der Waals surface area contributed by atoms with Crippen molar-refractivity contribution in [3.05, 3.63) is 112 Å². The first kappa shape index (κ1) is 19.4. The van der Waals surface area contributed by atoms with E-state index in [-0.39, 0.29) is 11.5 Å². The number of nitrogens with one attached hydrogen (secondary N) is 1. The van der Waals surface area contributed by atoms with E-state index in [2.05, 4.69) is 17.4 Å². The van der Waals surface area contributed by atoms with Crippen molar-refractivity contribution in [2.24, 2.45) is 7.05 Å². The molecular formula is C24H22N4O2. The van der Waals surface area contributed by atoms with E-state index in [1.54, 1.807) is 19.3 Å². The Bertz CT molecular complexity index is 1210. The molecule has 6 heteroatoms. The molecule has 0 radical (unpaired) electrons. The summed E-state index contributed by atoms with van der Waals surface area (Å²) in [6.07, 6.45) is 3.55. The highest BCUT2D eigenvalue weighted by Gasteiger charge is 2.14. The molecular weight excluding hydrogens is 376 g/mol. The topological polar surface area (TPSA) is 68.9 Å². The fraction of sp³-hybridized carbons (Fsp3) is 0.125. The normalized spacial score (nSPS) is 10.7. The second-order valence-electron chi connectivity index (χ2n) is 7.10. The molecule has 0 aliphatic rings. The molecule has 4 rings (SSSR count). The van der Waals surface area contributed by atoms with Crippen LogP contribution in [0.4, 0.5) is 0 Å². The number of hydrogen-bond donors (Lipinski definition) is 1. The van der Waals surface area contributed by atoms with Crippen LogP contribution < -0.4 is 10.9 Å². The van der Waals surface area contributed by atoms with Gasteiger partial charge in [-0.3, -0.25) is 14.3 Å². The third-order valence-electron chi connectivity index (χ3n) is 4.88. The van der Waals surface area contributed by atoms with Crippen LogP contribution in [0, 0.1) is 0 Å². The van der Waals surface area contributed by atoms with Crippen molar-refractivity contribution in [2.75, 3.05) is 0 Å². The Kier molecular flexibility index (Phi) is 5.57. The number of nitrogens with zero attached hydrogens (tertiary/aromatic N) is 3. The average Bonchev–Trinajstić information content (AvgIpc) is 3.18. The number of aryl methyl sites for hydroxylation is 1. The first-order valence-corrected chi connectivity index (χ1v) is 9.71. The average molecular weight is 398 g/mol. The zero-order valence-corrected chi connectivity index (χ0v) is 16.7. The van der Waals surface area contributed by atoms with Crippen molar-refractivity contribution in [1.82, 2.24) is 19.7 Å². The lowest BCUT2D eigenvalue weighted by Crippen LogP contribution is -2.25. The van der Waals surface area contributed by atoms with Gasteiger partial charge in [0.15, 0.2) is 0 Å². The van der Waals surface area contributed by atoms with Gasteiger partial charge in [0.2, 0.25) is 0 Å². The Morgan fingerprint density at radius 2 is 1.70 bits per heavy atom. The fourth-order valence-corrected chi connectivity index (χ4v) is 3.25. The predicted molar refractivity (Wildman–Crippen MR) is 116 cm³/mol. The van der Waals surface area contributed by atoms with Gasteiger partial charge in [0.1, 0.15) is 0 Å². The van der Waals surface area contributed by atoms with Crippen LogP contribution in [0.15, 0.2) is 90.0 Å². The zero-order valence-electron chi connectivity index (χ0n) is 16.7. The number of carbonyl (C=O) groups is 1. The fourth-order valence-electron chi connectivity index (χ4n) is 3.25. The summed E-state index contributed by atoms with van der Waals surface area (Å²) in [5, 5.41) is 7.67. The molecule has 0 spiro atoms. The Morgan fingerprint density at radius 1 is 1.00 bits per heavy atom. The predicted octanol–water partition coefficient (Wildman–Crippen LogP) is 3.23. The summed E-state index contributed by atoms with van der Waals surface area (Å²) < 4.78 is 3.31. The number of benzene rings is 2. The van der Waals surface area contributed by atoms with Gasteiger partial charge in [-0.25, -0.2) is 0 Å². The summed E-state index contributed by atoms with van der Waals surface area (Å²) >= 11 is 0. The lowest BCUT2D eigenvalue weighted by molar-refractivity contribution is 0.0950. The summed E-state index contributed by atoms with van der Waals surface area (Å²) in [6.45, 7) is 0.955. The van der Waals surface area contributed by atoms with E-state index >= 15 is 0 Å². The Hall–Kier alpha value is -3.93. The van der Waals surface area contributed by atoms with Crippen molar-refractivity contribution in [3.63, 3.8) is 0 Å². The second-order valence-corrected chi connectivity index (χ2v) is 7.10. The standard InChI is InChI=1S/C24H22N4O2/c1-27-13-12-20(14-22(27)29)24(30)25-15-21-17-28(16-18-8-4-2-5-9-18)26-23(21)19-10-6-3-7-11-19/h2-14,17H,15-16H2,1H3,(H,25,30). The minimum Gasteiger partial charge on any atom is -0.348 e. The molecule has 0 aliphatic heterocycles. The van der Waals surface area contributed by atoms with Crippen molar-refractivity contribution >= 4 is 5.91 Å². The van der Waals surface area contributed by atoms with Gasteiger partial charge in [-0.2, -0.15) is 5.10 Å². The molecule has 1 N–H and O–H groups in total. The molecule has 2 aromatic heterocycles. The molecule has 0 saturated heterocycles. The highest BCUT2D eigenvalue weighted by Crippen LogP contribution is 2.22. The number of rotatable bonds is 6. The van der Waals surface area contributed by atoms with E-state index in [1.165, 1.54) is 10.6 Å². The minimum atomic E-state index is -0.289. The lowest BCUT2D eigenvalue weighted by Gasteiger charge is -2.06. The maximum absolute atomic E-state index is 12.5. The number of aromatic nitrogens is 3. The molecule has 0 atom stereocenters. The van der Waals surface area contributed by atoms with Crippen LogP contribution in [0.1, 0.15) is 21.5 Å². The highest BCUT2D eigenvalue weighted by molar-refractivity contribution is 5.94. The molecule has 1 amide bonds. The van der Waals surface area contributed by atoms with Crippen LogP contribution in [-0.4, -0.2) is 20.3 Å². The highest BCUT2D eigenvalue weighted by atomic mass is 16.2. The molecule has 150 valence electrons. The number of amides is 1. The summed E-state index contributed by atoms with van der Waals surface area (Å²) in [5.41, 5.74) is 4.00. The molecule has 6 nitrogen and oxygen atoms in total. The van der Waals surface area contributed by atoms with Crippen molar-refractivity contribution in [1.29, 1.82) is 0 Å². The third-order valence-corrected chi connectivity index (χ3v) is 4.88. The third kappa shape index (κ3) is 4.38. The van der Waals surface area contributed by atoms with Crippen molar-refractivity contribution in [3.8, 4) is 11.3 Å². The van der Waals surface area contributed by atoms with Crippen LogP contribution in [-0.2, 0) is 20.1 Å². The molecule has 0 bridgehead atoms. The second kappa shape index (κ2) is 8.61. The summed E-state index contributed by atoms with van der Waals surface area (Å²) in [5.74, 6) is -0.289. The van der Waals surface area contributed by atoms with Crippen LogP contribution >= 0.6 is 0 Å². The van der Waals surface area contributed by atoms with Crippen molar-refractivity contribution < 1.29 is 4.79 Å². The van der Waals surface area contributed by atoms with Gasteiger partial charge in [-0.05, 0) is 11.6 Å². The maximum atomic E-state index is 12.5. The quantitative estimate of drug-likeness (QED) is 0.542. The first-order chi connectivity index (χ1) is 14.6. The smallest absolute Gasteiger partial charge is 0.251 e. The van der Waals surface area contributed by atoms with E-state index in [1.807, 2.05) is 59.4 Å². The van der Waals surface area contributed by atoms with E-state index in [0.717, 1.165) is 22.4 Å². The van der Waals surface area contributed by atoms with Gasteiger partial charge >= 0.3 is 0 Å². The molecule has 30 heavy (non-hydrogen) atoms. The monoisotopic (exact) mass is 398 g/mol. The van der Waals surface area contributed by atoms with Gasteiger partial charge in [0, 0.05) is 48.7 Å². The zero-order chi connectivity index (χ0) is 20.9. The van der Waals surface area contributed by atoms with Gasteiger partial charge in [0.25, 0.3) is 11.5 Å². The number of hydrogen-bond acceptors (Lipinski definition) is 3. The molecule has 4 aromatic rings. The van der Waals surface area contributed by atoms with Gasteiger partial charge in [0.05, 0.1) is 12.2 Å². The number of pyridine rings is 1. The molecule has 0 unspecified atom stereocenters. The van der Waals surface area contributed by atoms with Crippen LogP contribution in [0.2, 0.25) is 0 Å². The van der Waals surface area contributed by atoms with Crippen molar-refractivity contribution in [2.45, 2.75) is 13.1 Å². The first-order valence-electron chi connectivity index (χ1n) is 9.71. The Balaban J connectivity index is 1.58. The summed E-state index contributed by atoms with van der Waals surface area (Å²) in [4.78, 5) is 24.3. The van der Waals surface area contributed by atoms with E-state index in [9.17, 15) is 9.59 Å². The van der Waals surface area contributed by atoms with Crippen LogP contribution in [0.5, 0.6) is 0 Å². The maximum Gasteiger partial charge on any atom is 0.251 e. The molecule has 0 aliphatic carbocycles. The molecule has 0 saturated carbocycles. The van der Waals surface area contributed by atoms with Crippen LogP contribution in [0.3, 0.4) is 0 Å². The van der Waals surface area contributed by atoms with Crippen LogP contribution in [0.25, 0.3) is 11.3 Å². The van der Waals surface area contributed by atoms with E-state index in [0.29, 0.717) is 18.7 Å². The van der Waals surface area contributed by atoms with Gasteiger partial charge in [-0.15, -0.1) is 0 Å².